The molecule has 4 nitrogen and oxygen atoms in total. The average molecular weight is 324 g/mol. The van der Waals surface area contributed by atoms with Crippen molar-refractivity contribution in [3.05, 3.63) is 66.2 Å². The molecule has 1 aliphatic rings. The molecule has 1 amide bonds. The molecule has 0 aliphatic carbocycles. The molecule has 4 heteroatoms. The number of rotatable bonds is 5. The Hall–Kier alpha value is -2.33. The lowest BCUT2D eigenvalue weighted by Crippen LogP contribution is -2.49. The van der Waals surface area contributed by atoms with Crippen molar-refractivity contribution >= 4 is 11.6 Å². The Balaban J connectivity index is 1.60. The summed E-state index contributed by atoms with van der Waals surface area (Å²) in [4.78, 5) is 14.4. The number of hydrogen-bond donors (Lipinski definition) is 2. The van der Waals surface area contributed by atoms with Crippen molar-refractivity contribution in [2.45, 2.75) is 38.0 Å². The van der Waals surface area contributed by atoms with Gasteiger partial charge in [0.1, 0.15) is 0 Å². The average Bonchev–Trinajstić information content (AvgIpc) is 2.62. The molecule has 0 unspecified atom stereocenters. The lowest BCUT2D eigenvalue weighted by molar-refractivity contribution is -0.138. The fraction of sp³-hybridized carbons (Fsp3) is 0.350. The number of piperidine rings is 1. The van der Waals surface area contributed by atoms with Gasteiger partial charge in [0.05, 0.1) is 12.1 Å². The molecule has 0 radical (unpaired) electrons. The van der Waals surface area contributed by atoms with Gasteiger partial charge in [-0.15, -0.1) is 0 Å². The van der Waals surface area contributed by atoms with Crippen LogP contribution >= 0.6 is 0 Å². The first-order chi connectivity index (χ1) is 11.6. The van der Waals surface area contributed by atoms with E-state index in [0.717, 1.165) is 17.7 Å². The second kappa shape index (κ2) is 7.49. The predicted molar refractivity (Wildman–Crippen MR) is 95.7 cm³/mol. The number of benzene rings is 2. The highest BCUT2D eigenvalue weighted by atomic mass is 16.3. The molecular formula is C20H24N2O2. The van der Waals surface area contributed by atoms with Crippen LogP contribution in [0, 0.1) is 0 Å². The molecule has 0 aromatic heterocycles. The lowest BCUT2D eigenvalue weighted by Gasteiger charge is -2.38. The van der Waals surface area contributed by atoms with E-state index in [4.69, 9.17) is 0 Å². The highest BCUT2D eigenvalue weighted by molar-refractivity contribution is 5.78. The Morgan fingerprint density at radius 1 is 1.08 bits per heavy atom. The van der Waals surface area contributed by atoms with Crippen LogP contribution in [0.4, 0.5) is 5.69 Å². The fourth-order valence-electron chi connectivity index (χ4n) is 3.27. The van der Waals surface area contributed by atoms with Gasteiger partial charge in [-0.25, -0.2) is 0 Å². The Bertz CT molecular complexity index is 660. The third-order valence-corrected chi connectivity index (χ3v) is 4.69. The molecule has 1 heterocycles. The number of carbonyl (C=O) groups excluding carboxylic acids is 1. The minimum absolute atomic E-state index is 0.0946. The van der Waals surface area contributed by atoms with E-state index in [2.05, 4.69) is 5.32 Å². The molecule has 126 valence electrons. The number of nitrogens with zero attached hydrogens (tertiary/aromatic N) is 1. The van der Waals surface area contributed by atoms with Crippen molar-refractivity contribution in [2.24, 2.45) is 0 Å². The van der Waals surface area contributed by atoms with Gasteiger partial charge in [-0.05, 0) is 31.0 Å². The van der Waals surface area contributed by atoms with E-state index in [-0.39, 0.29) is 18.0 Å². The number of aliphatic hydroxyl groups is 1. The molecule has 2 aromatic carbocycles. The number of carbonyl (C=O) groups is 1. The monoisotopic (exact) mass is 324 g/mol. The van der Waals surface area contributed by atoms with Crippen LogP contribution < -0.4 is 5.32 Å². The van der Waals surface area contributed by atoms with E-state index in [9.17, 15) is 9.90 Å². The van der Waals surface area contributed by atoms with Crippen molar-refractivity contribution in [1.82, 2.24) is 4.90 Å². The molecular weight excluding hydrogens is 300 g/mol. The van der Waals surface area contributed by atoms with Gasteiger partial charge >= 0.3 is 0 Å². The van der Waals surface area contributed by atoms with Gasteiger partial charge in [0.15, 0.2) is 0 Å². The molecule has 2 aromatic rings. The van der Waals surface area contributed by atoms with E-state index in [1.807, 2.05) is 67.6 Å². The molecule has 1 saturated heterocycles. The minimum atomic E-state index is -0.659. The first-order valence-electron chi connectivity index (χ1n) is 8.49. The third kappa shape index (κ3) is 3.77. The maximum Gasteiger partial charge on any atom is 0.224 e. The van der Waals surface area contributed by atoms with Crippen LogP contribution in [-0.4, -0.2) is 34.5 Å². The van der Waals surface area contributed by atoms with Crippen LogP contribution in [0.25, 0.3) is 0 Å². The first kappa shape index (κ1) is 16.5. The van der Waals surface area contributed by atoms with E-state index in [1.165, 1.54) is 0 Å². The molecule has 1 fully saturated rings. The maximum absolute atomic E-state index is 12.5. The standard InChI is InChI=1S/C20H24N2O2/c1-15(20(24)16-8-4-2-5-9-16)22-13-12-18(14-19(22)23)21-17-10-6-3-7-11-17/h2-11,15,18,20-21,24H,12-14H2,1H3/t15-,18-,20-/m0/s1. The number of likely N-dealkylation sites (tertiary alicyclic amines) is 1. The summed E-state index contributed by atoms with van der Waals surface area (Å²) in [7, 11) is 0. The summed E-state index contributed by atoms with van der Waals surface area (Å²) in [5.41, 5.74) is 1.89. The van der Waals surface area contributed by atoms with Crippen LogP contribution in [0.2, 0.25) is 0 Å². The SMILES string of the molecule is C[C@@H]([C@H](O)c1ccccc1)N1CC[C@H](Nc2ccccc2)CC1=O. The van der Waals surface area contributed by atoms with Crippen molar-refractivity contribution < 1.29 is 9.90 Å². The van der Waals surface area contributed by atoms with Gasteiger partial charge in [-0.3, -0.25) is 4.79 Å². The molecule has 3 atom stereocenters. The maximum atomic E-state index is 12.5. The number of aliphatic hydroxyl groups excluding tert-OH is 1. The molecule has 0 saturated carbocycles. The Labute approximate surface area is 143 Å². The zero-order chi connectivity index (χ0) is 16.9. The van der Waals surface area contributed by atoms with Crippen molar-refractivity contribution in [3.63, 3.8) is 0 Å². The Kier molecular flexibility index (Phi) is 5.16. The summed E-state index contributed by atoms with van der Waals surface area (Å²) >= 11 is 0. The third-order valence-electron chi connectivity index (χ3n) is 4.69. The van der Waals surface area contributed by atoms with Gasteiger partial charge in [-0.2, -0.15) is 0 Å². The summed E-state index contributed by atoms with van der Waals surface area (Å²) in [6, 6.07) is 19.4. The zero-order valence-electron chi connectivity index (χ0n) is 13.9. The van der Waals surface area contributed by atoms with E-state index in [1.54, 1.807) is 4.90 Å². The smallest absolute Gasteiger partial charge is 0.224 e. The number of hydrogen-bond acceptors (Lipinski definition) is 3. The quantitative estimate of drug-likeness (QED) is 0.888. The second-order valence-electron chi connectivity index (χ2n) is 6.38. The number of para-hydroxylation sites is 1. The number of amides is 1. The van der Waals surface area contributed by atoms with Gasteiger partial charge in [0.25, 0.3) is 0 Å². The molecule has 24 heavy (non-hydrogen) atoms. The van der Waals surface area contributed by atoms with E-state index < -0.39 is 6.10 Å². The topological polar surface area (TPSA) is 52.6 Å². The highest BCUT2D eigenvalue weighted by Gasteiger charge is 2.32. The number of nitrogens with one attached hydrogen (secondary N) is 1. The summed E-state index contributed by atoms with van der Waals surface area (Å²) in [5.74, 6) is 0.0946. The van der Waals surface area contributed by atoms with E-state index in [0.29, 0.717) is 13.0 Å². The largest absolute Gasteiger partial charge is 0.386 e. The van der Waals surface area contributed by atoms with Gasteiger partial charge in [0, 0.05) is 24.7 Å². The first-order valence-corrected chi connectivity index (χ1v) is 8.49. The summed E-state index contributed by atoms with van der Waals surface area (Å²) in [5, 5.41) is 14.0. The molecule has 0 spiro atoms. The van der Waals surface area contributed by atoms with Crippen LogP contribution in [0.3, 0.4) is 0 Å². The highest BCUT2D eigenvalue weighted by Crippen LogP contribution is 2.25. The Morgan fingerprint density at radius 3 is 2.33 bits per heavy atom. The van der Waals surface area contributed by atoms with Gasteiger partial charge in [-0.1, -0.05) is 48.5 Å². The van der Waals surface area contributed by atoms with Crippen LogP contribution in [0.15, 0.2) is 60.7 Å². The van der Waals surface area contributed by atoms with Gasteiger partial charge in [0.2, 0.25) is 5.91 Å². The molecule has 1 aliphatic heterocycles. The van der Waals surface area contributed by atoms with Gasteiger partial charge < -0.3 is 15.3 Å². The lowest BCUT2D eigenvalue weighted by atomic mass is 9.97. The Morgan fingerprint density at radius 2 is 1.71 bits per heavy atom. The van der Waals surface area contributed by atoms with Crippen molar-refractivity contribution in [3.8, 4) is 0 Å². The van der Waals surface area contributed by atoms with Crippen molar-refractivity contribution in [2.75, 3.05) is 11.9 Å². The predicted octanol–water partition coefficient (Wildman–Crippen LogP) is 3.21. The summed E-state index contributed by atoms with van der Waals surface area (Å²) in [6.07, 6.45) is 0.682. The number of anilines is 1. The zero-order valence-corrected chi connectivity index (χ0v) is 13.9. The molecule has 3 rings (SSSR count). The normalized spacial score (nSPS) is 20.5. The van der Waals surface area contributed by atoms with Crippen LogP contribution in [0.1, 0.15) is 31.4 Å². The van der Waals surface area contributed by atoms with E-state index >= 15 is 0 Å². The second-order valence-corrected chi connectivity index (χ2v) is 6.38. The van der Waals surface area contributed by atoms with Crippen molar-refractivity contribution in [1.29, 1.82) is 0 Å². The van der Waals surface area contributed by atoms with Crippen LogP contribution in [-0.2, 0) is 4.79 Å². The minimum Gasteiger partial charge on any atom is -0.386 e. The summed E-state index contributed by atoms with van der Waals surface area (Å²) < 4.78 is 0. The summed E-state index contributed by atoms with van der Waals surface area (Å²) in [6.45, 7) is 2.58. The van der Waals surface area contributed by atoms with Crippen LogP contribution in [0.5, 0.6) is 0 Å². The fourth-order valence-corrected chi connectivity index (χ4v) is 3.27. The molecule has 2 N–H and O–H groups in total. The molecule has 0 bridgehead atoms.